The zero-order chi connectivity index (χ0) is 16.8. The smallest absolute Gasteiger partial charge is 0.220 e. The van der Waals surface area contributed by atoms with E-state index in [1.54, 1.807) is 0 Å². The Labute approximate surface area is 144 Å². The lowest BCUT2D eigenvalue weighted by Gasteiger charge is -2.22. The summed E-state index contributed by atoms with van der Waals surface area (Å²) in [6, 6.07) is 6.46. The molecule has 2 aromatic rings. The summed E-state index contributed by atoms with van der Waals surface area (Å²) in [4.78, 5) is 15.4. The lowest BCUT2D eigenvalue weighted by atomic mass is 9.93. The fraction of sp³-hybridized carbons (Fsp3) is 0.550. The largest absolute Gasteiger partial charge is 0.361 e. The summed E-state index contributed by atoms with van der Waals surface area (Å²) in [7, 11) is 0. The van der Waals surface area contributed by atoms with E-state index in [4.69, 9.17) is 0 Å². The number of benzene rings is 1. The molecule has 0 saturated carbocycles. The van der Waals surface area contributed by atoms with Crippen molar-refractivity contribution in [3.63, 3.8) is 0 Å². The van der Waals surface area contributed by atoms with Crippen LogP contribution in [0, 0.1) is 5.92 Å². The van der Waals surface area contributed by atoms with E-state index in [1.165, 1.54) is 34.9 Å². The van der Waals surface area contributed by atoms with Gasteiger partial charge in [0.15, 0.2) is 0 Å². The number of nitrogens with one attached hydrogen (secondary N) is 3. The van der Waals surface area contributed by atoms with Crippen molar-refractivity contribution in [3.8, 4) is 0 Å². The van der Waals surface area contributed by atoms with Crippen LogP contribution in [-0.2, 0) is 17.6 Å². The van der Waals surface area contributed by atoms with Crippen molar-refractivity contribution in [2.45, 2.75) is 45.4 Å². The van der Waals surface area contributed by atoms with Crippen LogP contribution >= 0.6 is 0 Å². The minimum atomic E-state index is 0.197. The molecule has 3 N–H and O–H groups in total. The topological polar surface area (TPSA) is 56.9 Å². The molecule has 1 aromatic heterocycles. The van der Waals surface area contributed by atoms with E-state index < -0.39 is 0 Å². The second-order valence-corrected chi connectivity index (χ2v) is 6.84. The first-order valence-corrected chi connectivity index (χ1v) is 9.33. The third-order valence-electron chi connectivity index (χ3n) is 5.22. The maximum absolute atomic E-state index is 12.0. The molecular formula is C20H29N3O. The molecule has 3 rings (SSSR count). The number of H-pyrrole nitrogens is 1. The molecule has 130 valence electrons. The first kappa shape index (κ1) is 17.0. The molecule has 0 aliphatic carbocycles. The van der Waals surface area contributed by atoms with E-state index in [9.17, 15) is 4.79 Å². The standard InChI is InChI=1S/C20H29N3O/c1-2-16-4-3-5-18-17(14-23-20(16)18)10-13-22-19(24)7-6-15-8-11-21-12-9-15/h3-5,14-15,21,23H,2,6-13H2,1H3,(H,22,24). The molecule has 2 heterocycles. The maximum Gasteiger partial charge on any atom is 0.220 e. The number of carbonyl (C=O) groups is 1. The Morgan fingerprint density at radius 3 is 2.88 bits per heavy atom. The van der Waals surface area contributed by atoms with E-state index in [2.05, 4.69) is 46.9 Å². The molecular weight excluding hydrogens is 298 g/mol. The quantitative estimate of drug-likeness (QED) is 0.731. The second-order valence-electron chi connectivity index (χ2n) is 6.84. The number of fused-ring (bicyclic) bond motifs is 1. The molecule has 1 aliphatic rings. The molecule has 0 radical (unpaired) electrons. The van der Waals surface area contributed by atoms with Crippen LogP contribution < -0.4 is 10.6 Å². The summed E-state index contributed by atoms with van der Waals surface area (Å²) < 4.78 is 0. The van der Waals surface area contributed by atoms with Crippen LogP contribution in [0.15, 0.2) is 24.4 Å². The van der Waals surface area contributed by atoms with Crippen LogP contribution in [0.2, 0.25) is 0 Å². The molecule has 1 fully saturated rings. The van der Waals surface area contributed by atoms with Crippen molar-refractivity contribution in [1.82, 2.24) is 15.6 Å². The molecule has 0 atom stereocenters. The lowest BCUT2D eigenvalue weighted by Crippen LogP contribution is -2.30. The second kappa shape index (κ2) is 8.34. The third kappa shape index (κ3) is 4.18. The first-order valence-electron chi connectivity index (χ1n) is 9.33. The monoisotopic (exact) mass is 327 g/mol. The van der Waals surface area contributed by atoms with E-state index in [0.29, 0.717) is 13.0 Å². The van der Waals surface area contributed by atoms with E-state index in [0.717, 1.165) is 38.3 Å². The Balaban J connectivity index is 1.45. The highest BCUT2D eigenvalue weighted by Crippen LogP contribution is 2.22. The molecule has 1 aliphatic heterocycles. The number of aromatic nitrogens is 1. The third-order valence-corrected chi connectivity index (χ3v) is 5.22. The van der Waals surface area contributed by atoms with Crippen LogP contribution in [-0.4, -0.2) is 30.5 Å². The molecule has 1 aromatic carbocycles. The number of aromatic amines is 1. The number of hydrogen-bond acceptors (Lipinski definition) is 2. The van der Waals surface area contributed by atoms with Gasteiger partial charge in [0.25, 0.3) is 0 Å². The summed E-state index contributed by atoms with van der Waals surface area (Å²) in [5, 5.41) is 7.75. The van der Waals surface area contributed by atoms with Gasteiger partial charge in [-0.05, 0) is 62.2 Å². The maximum atomic E-state index is 12.0. The van der Waals surface area contributed by atoms with Gasteiger partial charge in [-0.25, -0.2) is 0 Å². The minimum Gasteiger partial charge on any atom is -0.361 e. The number of amides is 1. The van der Waals surface area contributed by atoms with Crippen LogP contribution in [0.5, 0.6) is 0 Å². The van der Waals surface area contributed by atoms with Gasteiger partial charge < -0.3 is 15.6 Å². The first-order chi connectivity index (χ1) is 11.8. The fourth-order valence-electron chi connectivity index (χ4n) is 3.71. The number of rotatable bonds is 7. The van der Waals surface area contributed by atoms with Gasteiger partial charge in [-0.15, -0.1) is 0 Å². The molecule has 0 bridgehead atoms. The van der Waals surface area contributed by atoms with Gasteiger partial charge in [-0.2, -0.15) is 0 Å². The Morgan fingerprint density at radius 1 is 1.25 bits per heavy atom. The average Bonchev–Trinajstić information content (AvgIpc) is 3.04. The molecule has 1 amide bonds. The molecule has 4 nitrogen and oxygen atoms in total. The van der Waals surface area contributed by atoms with E-state index >= 15 is 0 Å². The van der Waals surface area contributed by atoms with Gasteiger partial charge in [-0.1, -0.05) is 25.1 Å². The Hall–Kier alpha value is -1.81. The molecule has 1 saturated heterocycles. The number of hydrogen-bond donors (Lipinski definition) is 3. The number of carbonyl (C=O) groups excluding carboxylic acids is 1. The van der Waals surface area contributed by atoms with Crippen molar-refractivity contribution in [1.29, 1.82) is 0 Å². The zero-order valence-corrected chi connectivity index (χ0v) is 14.7. The summed E-state index contributed by atoms with van der Waals surface area (Å²) >= 11 is 0. The summed E-state index contributed by atoms with van der Waals surface area (Å²) in [6.07, 6.45) is 8.12. The molecule has 0 spiro atoms. The number of piperidine rings is 1. The van der Waals surface area contributed by atoms with E-state index in [-0.39, 0.29) is 5.91 Å². The van der Waals surface area contributed by atoms with Crippen molar-refractivity contribution in [3.05, 3.63) is 35.5 Å². The fourth-order valence-corrected chi connectivity index (χ4v) is 3.71. The van der Waals surface area contributed by atoms with Gasteiger partial charge in [0.2, 0.25) is 5.91 Å². The molecule has 0 unspecified atom stereocenters. The van der Waals surface area contributed by atoms with Crippen molar-refractivity contribution >= 4 is 16.8 Å². The predicted octanol–water partition coefficient (Wildman–Crippen LogP) is 3.17. The highest BCUT2D eigenvalue weighted by atomic mass is 16.1. The zero-order valence-electron chi connectivity index (χ0n) is 14.7. The highest BCUT2D eigenvalue weighted by Gasteiger charge is 2.14. The van der Waals surface area contributed by atoms with Crippen LogP contribution in [0.4, 0.5) is 0 Å². The minimum absolute atomic E-state index is 0.197. The van der Waals surface area contributed by atoms with Gasteiger partial charge in [0.1, 0.15) is 0 Å². The van der Waals surface area contributed by atoms with Crippen molar-refractivity contribution in [2.24, 2.45) is 5.92 Å². The van der Waals surface area contributed by atoms with Crippen molar-refractivity contribution in [2.75, 3.05) is 19.6 Å². The van der Waals surface area contributed by atoms with Gasteiger partial charge in [-0.3, -0.25) is 4.79 Å². The highest BCUT2D eigenvalue weighted by molar-refractivity contribution is 5.86. The van der Waals surface area contributed by atoms with Crippen LogP contribution in [0.3, 0.4) is 0 Å². The molecule has 24 heavy (non-hydrogen) atoms. The van der Waals surface area contributed by atoms with Gasteiger partial charge >= 0.3 is 0 Å². The normalized spacial score (nSPS) is 15.7. The molecule has 4 heteroatoms. The summed E-state index contributed by atoms with van der Waals surface area (Å²) in [5.41, 5.74) is 3.89. The Kier molecular flexibility index (Phi) is 5.91. The average molecular weight is 327 g/mol. The Bertz CT molecular complexity index is 671. The Morgan fingerprint density at radius 2 is 2.08 bits per heavy atom. The lowest BCUT2D eigenvalue weighted by molar-refractivity contribution is -0.121. The number of para-hydroxylation sites is 1. The predicted molar refractivity (Wildman–Crippen MR) is 99.2 cm³/mol. The summed E-state index contributed by atoms with van der Waals surface area (Å²) in [5.74, 6) is 0.917. The van der Waals surface area contributed by atoms with Crippen LogP contribution in [0.25, 0.3) is 10.9 Å². The van der Waals surface area contributed by atoms with Gasteiger partial charge in [0, 0.05) is 30.1 Å². The summed E-state index contributed by atoms with van der Waals surface area (Å²) in [6.45, 7) is 5.10. The number of aryl methyl sites for hydroxylation is 1. The SMILES string of the molecule is CCc1cccc2c(CCNC(=O)CCC3CCNCC3)c[nH]c12. The van der Waals surface area contributed by atoms with Crippen molar-refractivity contribution < 1.29 is 4.79 Å². The van der Waals surface area contributed by atoms with Crippen LogP contribution in [0.1, 0.15) is 43.7 Å². The van der Waals surface area contributed by atoms with E-state index in [1.807, 2.05) is 0 Å². The van der Waals surface area contributed by atoms with Gasteiger partial charge in [0.05, 0.1) is 0 Å².